The van der Waals surface area contributed by atoms with E-state index >= 15 is 0 Å². The second-order valence-corrected chi connectivity index (χ2v) is 11.6. The lowest BCUT2D eigenvalue weighted by molar-refractivity contribution is 1.13. The van der Waals surface area contributed by atoms with Crippen molar-refractivity contribution >= 4 is 70.5 Å². The number of nitrogens with zero attached hydrogens (tertiary/aromatic N) is 3. The van der Waals surface area contributed by atoms with Gasteiger partial charge in [-0.05, 0) is 74.3 Å². The molecule has 0 unspecified atom stereocenters. The van der Waals surface area contributed by atoms with Gasteiger partial charge in [0.2, 0.25) is 0 Å². The number of hydrogen-bond acceptors (Lipinski definition) is 1. The number of aromatic nitrogens is 3. The quantitative estimate of drug-likeness (QED) is 0.193. The van der Waals surface area contributed by atoms with Crippen molar-refractivity contribution in [1.29, 1.82) is 0 Å². The van der Waals surface area contributed by atoms with Crippen LogP contribution < -0.4 is 0 Å². The molecule has 0 aliphatic carbocycles. The summed E-state index contributed by atoms with van der Waals surface area (Å²) < 4.78 is 4.76. The van der Waals surface area contributed by atoms with E-state index in [4.69, 9.17) is 0 Å². The molecule has 4 heterocycles. The van der Waals surface area contributed by atoms with Gasteiger partial charge < -0.3 is 8.97 Å². The van der Waals surface area contributed by atoms with Crippen molar-refractivity contribution in [2.24, 2.45) is 0 Å². The Morgan fingerprint density at radius 3 is 1.75 bits per heavy atom. The summed E-state index contributed by atoms with van der Waals surface area (Å²) in [4.78, 5) is 4.52. The molecule has 10 rings (SSSR count). The smallest absolute Gasteiger partial charge is 0.0790 e. The van der Waals surface area contributed by atoms with Crippen molar-refractivity contribution in [2.45, 2.75) is 0 Å². The van der Waals surface area contributed by atoms with E-state index in [9.17, 15) is 0 Å². The number of hydrogen-bond donors (Lipinski definition) is 0. The summed E-state index contributed by atoms with van der Waals surface area (Å²) in [5.41, 5.74) is 8.29. The minimum Gasteiger partial charge on any atom is -0.314 e. The van der Waals surface area contributed by atoms with Gasteiger partial charge >= 0.3 is 0 Å². The molecule has 3 heteroatoms. The van der Waals surface area contributed by atoms with Crippen LogP contribution in [-0.4, -0.2) is 14.0 Å². The highest BCUT2D eigenvalue weighted by atomic mass is 15.0. The van der Waals surface area contributed by atoms with Crippen LogP contribution in [0.2, 0.25) is 0 Å². The molecule has 0 amide bonds. The first-order chi connectivity index (χ1) is 21.9. The van der Waals surface area contributed by atoms with Gasteiger partial charge in [-0.1, -0.05) is 97.1 Å². The van der Waals surface area contributed by atoms with Gasteiger partial charge in [-0.3, -0.25) is 4.98 Å². The van der Waals surface area contributed by atoms with E-state index in [1.165, 1.54) is 81.7 Å². The monoisotopic (exact) mass is 559 g/mol. The summed E-state index contributed by atoms with van der Waals surface area (Å²) in [5.74, 6) is 0. The fourth-order valence-electron chi connectivity index (χ4n) is 7.58. The molecule has 0 fully saturated rings. The molecule has 0 N–H and O–H groups in total. The van der Waals surface area contributed by atoms with Crippen LogP contribution >= 0.6 is 0 Å². The standard InChI is InChI=1S/C41H25N3/c1-2-13-30-28(11-1)29-12-3-4-14-31(29)36-24-26(19-20-32(30)36)39-35-16-6-7-17-37(35)43-23-21-34-33-15-5-8-18-38(33)44(40(34)41(39)43)27-10-9-22-42-25-27/h1-25H. The lowest BCUT2D eigenvalue weighted by Crippen LogP contribution is -1.96. The van der Waals surface area contributed by atoms with E-state index in [1.54, 1.807) is 0 Å². The Labute approximate surface area is 252 Å². The lowest BCUT2D eigenvalue weighted by atomic mass is 9.91. The fraction of sp³-hybridized carbons (Fsp3) is 0. The maximum atomic E-state index is 4.52. The summed E-state index contributed by atoms with van der Waals surface area (Å²) in [6, 6.07) is 48.6. The van der Waals surface area contributed by atoms with Gasteiger partial charge in [0, 0.05) is 34.1 Å². The number of fused-ring (bicyclic) bond motifs is 13. The van der Waals surface area contributed by atoms with Gasteiger partial charge in [-0.25, -0.2) is 0 Å². The van der Waals surface area contributed by atoms with Crippen molar-refractivity contribution in [3.8, 4) is 16.8 Å². The van der Waals surface area contributed by atoms with E-state index in [0.717, 1.165) is 5.69 Å². The minimum absolute atomic E-state index is 1.05. The lowest BCUT2D eigenvalue weighted by Gasteiger charge is -2.13. The SMILES string of the molecule is c1cncc(-n2c3ccccc3c3ccn4c5ccccc5c(-c5ccc6c7ccccc7c7ccccc7c6c5)c4c32)c1. The molecule has 10 aromatic rings. The zero-order valence-electron chi connectivity index (χ0n) is 23.8. The first-order valence-corrected chi connectivity index (χ1v) is 15.1. The predicted molar refractivity (Wildman–Crippen MR) is 185 cm³/mol. The van der Waals surface area contributed by atoms with E-state index in [2.05, 4.69) is 148 Å². The molecule has 0 spiro atoms. The van der Waals surface area contributed by atoms with Gasteiger partial charge in [-0.15, -0.1) is 0 Å². The van der Waals surface area contributed by atoms with Crippen LogP contribution in [0, 0.1) is 0 Å². The average molecular weight is 560 g/mol. The van der Waals surface area contributed by atoms with Crippen LogP contribution in [0.1, 0.15) is 0 Å². The molecule has 0 aliphatic heterocycles. The summed E-state index contributed by atoms with van der Waals surface area (Å²) >= 11 is 0. The Bertz CT molecular complexity index is 2730. The molecule has 3 nitrogen and oxygen atoms in total. The summed E-state index contributed by atoms with van der Waals surface area (Å²) in [7, 11) is 0. The van der Waals surface area contributed by atoms with Crippen LogP contribution in [0.25, 0.3) is 87.4 Å². The Kier molecular flexibility index (Phi) is 4.72. The molecule has 0 atom stereocenters. The summed E-state index contributed by atoms with van der Waals surface area (Å²) in [6.07, 6.45) is 6.05. The normalized spacial score (nSPS) is 12.1. The summed E-state index contributed by atoms with van der Waals surface area (Å²) in [5, 5.41) is 11.4. The highest BCUT2D eigenvalue weighted by molar-refractivity contribution is 6.27. The van der Waals surface area contributed by atoms with Crippen LogP contribution in [0.5, 0.6) is 0 Å². The topological polar surface area (TPSA) is 22.2 Å². The fourth-order valence-corrected chi connectivity index (χ4v) is 7.58. The average Bonchev–Trinajstić information content (AvgIpc) is 3.62. The first-order valence-electron chi connectivity index (χ1n) is 15.1. The maximum absolute atomic E-state index is 4.52. The van der Waals surface area contributed by atoms with Crippen molar-refractivity contribution in [3.05, 3.63) is 152 Å². The van der Waals surface area contributed by atoms with Crippen molar-refractivity contribution < 1.29 is 0 Å². The molecule has 0 saturated heterocycles. The summed E-state index contributed by atoms with van der Waals surface area (Å²) in [6.45, 7) is 0. The van der Waals surface area contributed by atoms with Gasteiger partial charge in [0.15, 0.2) is 0 Å². The molecule has 0 bridgehead atoms. The third-order valence-electron chi connectivity index (χ3n) is 9.38. The maximum Gasteiger partial charge on any atom is 0.0790 e. The predicted octanol–water partition coefficient (Wildman–Crippen LogP) is 10.7. The van der Waals surface area contributed by atoms with Crippen molar-refractivity contribution in [3.63, 3.8) is 0 Å². The molecule has 204 valence electrons. The molecule has 6 aromatic carbocycles. The van der Waals surface area contributed by atoms with Gasteiger partial charge in [-0.2, -0.15) is 0 Å². The van der Waals surface area contributed by atoms with Gasteiger partial charge in [0.1, 0.15) is 0 Å². The van der Waals surface area contributed by atoms with Crippen LogP contribution in [0.3, 0.4) is 0 Å². The molecular weight excluding hydrogens is 534 g/mol. The Morgan fingerprint density at radius 2 is 1.05 bits per heavy atom. The van der Waals surface area contributed by atoms with E-state index < -0.39 is 0 Å². The molecule has 44 heavy (non-hydrogen) atoms. The molecule has 0 saturated carbocycles. The van der Waals surface area contributed by atoms with E-state index in [1.807, 2.05) is 18.5 Å². The third-order valence-corrected chi connectivity index (χ3v) is 9.38. The van der Waals surface area contributed by atoms with Gasteiger partial charge in [0.05, 0.1) is 34.0 Å². The van der Waals surface area contributed by atoms with E-state index in [0.29, 0.717) is 0 Å². The third kappa shape index (κ3) is 3.08. The zero-order valence-corrected chi connectivity index (χ0v) is 23.8. The van der Waals surface area contributed by atoms with E-state index in [-0.39, 0.29) is 0 Å². The van der Waals surface area contributed by atoms with Gasteiger partial charge in [0.25, 0.3) is 0 Å². The Hall–Kier alpha value is -5.93. The van der Waals surface area contributed by atoms with Crippen LogP contribution in [0.15, 0.2) is 152 Å². The minimum atomic E-state index is 1.05. The van der Waals surface area contributed by atoms with Crippen molar-refractivity contribution in [1.82, 2.24) is 14.0 Å². The van der Waals surface area contributed by atoms with Crippen LogP contribution in [-0.2, 0) is 0 Å². The van der Waals surface area contributed by atoms with Crippen LogP contribution in [0.4, 0.5) is 0 Å². The number of benzene rings is 6. The largest absolute Gasteiger partial charge is 0.314 e. The Balaban J connectivity index is 1.42. The second-order valence-electron chi connectivity index (χ2n) is 11.6. The van der Waals surface area contributed by atoms with Crippen molar-refractivity contribution in [2.75, 3.05) is 0 Å². The Morgan fingerprint density at radius 1 is 0.432 bits per heavy atom. The highest BCUT2D eigenvalue weighted by Crippen LogP contribution is 2.44. The number of para-hydroxylation sites is 2. The second kappa shape index (κ2) is 8.79. The highest BCUT2D eigenvalue weighted by Gasteiger charge is 2.22. The molecule has 4 aromatic heterocycles. The first kappa shape index (κ1) is 23.6. The molecular formula is C41H25N3. The number of rotatable bonds is 2. The molecule has 0 radical (unpaired) electrons. The number of pyridine rings is 2. The zero-order chi connectivity index (χ0) is 28.8. The molecule has 0 aliphatic rings.